The average molecular weight is 266 g/mol. The number of benzene rings is 1. The van der Waals surface area contributed by atoms with Crippen molar-refractivity contribution in [2.24, 2.45) is 0 Å². The Morgan fingerprint density at radius 3 is 2.47 bits per heavy atom. The van der Waals surface area contributed by atoms with Crippen LogP contribution in [0.25, 0.3) is 6.08 Å². The first-order valence-electron chi connectivity index (χ1n) is 5.69. The lowest BCUT2D eigenvalue weighted by Gasteiger charge is -2.05. The number of carbonyl (C=O) groups is 2. The molecule has 1 aromatic carbocycles. The minimum absolute atomic E-state index is 0.133. The topological polar surface area (TPSA) is 83.8 Å². The van der Waals surface area contributed by atoms with Gasteiger partial charge in [-0.25, -0.2) is 0 Å². The number of carbonyl (C=O) groups excluding carboxylic acids is 2. The van der Waals surface area contributed by atoms with Crippen molar-refractivity contribution in [3.05, 3.63) is 42.0 Å². The highest BCUT2D eigenvalue weighted by Gasteiger charge is 2.02. The van der Waals surface area contributed by atoms with Crippen LogP contribution in [0, 0.1) is 0 Å². The zero-order chi connectivity index (χ0) is 14.5. The molecule has 1 rings (SSSR count). The van der Waals surface area contributed by atoms with Gasteiger partial charge in [0.25, 0.3) is 0 Å². The number of esters is 1. The zero-order valence-electron chi connectivity index (χ0n) is 10.7. The summed E-state index contributed by atoms with van der Waals surface area (Å²) in [6, 6.07) is 9.70. The van der Waals surface area contributed by atoms with Crippen LogP contribution in [0.15, 0.2) is 36.4 Å². The first kappa shape index (κ1) is 17.0. The summed E-state index contributed by atoms with van der Waals surface area (Å²) in [6.07, 6.45) is 3.07. The van der Waals surface area contributed by atoms with Crippen LogP contribution >= 0.6 is 0 Å². The fourth-order valence-electron chi connectivity index (χ4n) is 0.981. The van der Waals surface area contributed by atoms with Gasteiger partial charge in [-0.1, -0.05) is 36.4 Å². The third kappa shape index (κ3) is 10.9. The van der Waals surface area contributed by atoms with E-state index in [1.54, 1.807) is 6.08 Å². The first-order valence-corrected chi connectivity index (χ1v) is 5.69. The van der Waals surface area contributed by atoms with Gasteiger partial charge in [-0.3, -0.25) is 9.59 Å². The second-order valence-electron chi connectivity index (χ2n) is 3.54. The Hall–Kier alpha value is -1.98. The fraction of sp³-hybridized carbons (Fsp3) is 0.286. The monoisotopic (exact) mass is 266 g/mol. The van der Waals surface area contributed by atoms with Crippen molar-refractivity contribution >= 4 is 18.3 Å². The lowest BCUT2D eigenvalue weighted by molar-refractivity contribution is -0.144. The number of rotatable bonds is 5. The second kappa shape index (κ2) is 11.1. The molecule has 0 bridgehead atoms. The summed E-state index contributed by atoms with van der Waals surface area (Å²) in [7, 11) is 0. The van der Waals surface area contributed by atoms with Crippen LogP contribution in [-0.2, 0) is 14.3 Å². The van der Waals surface area contributed by atoms with Gasteiger partial charge in [-0.2, -0.15) is 0 Å². The molecule has 0 saturated heterocycles. The van der Waals surface area contributed by atoms with Crippen molar-refractivity contribution in [2.45, 2.75) is 13.0 Å². The molecule has 5 heteroatoms. The third-order valence-electron chi connectivity index (χ3n) is 1.86. The molecule has 0 heterocycles. The number of hydrogen-bond acceptors (Lipinski definition) is 5. The van der Waals surface area contributed by atoms with E-state index in [1.165, 1.54) is 13.0 Å². The number of ether oxygens (including phenoxy) is 1. The van der Waals surface area contributed by atoms with Crippen molar-refractivity contribution in [1.82, 2.24) is 0 Å². The van der Waals surface area contributed by atoms with E-state index in [0.29, 0.717) is 0 Å². The fourth-order valence-corrected chi connectivity index (χ4v) is 0.981. The van der Waals surface area contributed by atoms with Crippen molar-refractivity contribution in [1.29, 1.82) is 0 Å². The Labute approximate surface area is 112 Å². The summed E-state index contributed by atoms with van der Waals surface area (Å²) in [6.45, 7) is 0.725. The van der Waals surface area contributed by atoms with Crippen LogP contribution in [-0.4, -0.2) is 41.8 Å². The van der Waals surface area contributed by atoms with Crippen LogP contribution in [0.3, 0.4) is 0 Å². The quantitative estimate of drug-likeness (QED) is 0.468. The van der Waals surface area contributed by atoms with E-state index < -0.39 is 12.1 Å². The van der Waals surface area contributed by atoms with E-state index in [4.69, 9.17) is 10.2 Å². The highest BCUT2D eigenvalue weighted by molar-refractivity contribution is 5.73. The highest BCUT2D eigenvalue weighted by Crippen LogP contribution is 1.99. The molecule has 1 aromatic rings. The van der Waals surface area contributed by atoms with Gasteiger partial charge in [0, 0.05) is 6.92 Å². The predicted octanol–water partition coefficient (Wildman–Crippen LogP) is 0.801. The predicted molar refractivity (Wildman–Crippen MR) is 71.3 cm³/mol. The zero-order valence-corrected chi connectivity index (χ0v) is 10.7. The summed E-state index contributed by atoms with van der Waals surface area (Å²) in [4.78, 5) is 19.9. The van der Waals surface area contributed by atoms with Gasteiger partial charge in [0.2, 0.25) is 0 Å². The Balaban J connectivity index is 0.000000344. The maximum Gasteiger partial charge on any atom is 0.302 e. The highest BCUT2D eigenvalue weighted by atomic mass is 16.5. The number of aliphatic hydroxyl groups is 2. The molecule has 0 amide bonds. The average Bonchev–Trinajstić information content (AvgIpc) is 2.44. The van der Waals surface area contributed by atoms with Crippen LogP contribution in [0.2, 0.25) is 0 Å². The number of hydrogen-bond donors (Lipinski definition) is 2. The molecule has 1 unspecified atom stereocenters. The molecule has 0 fully saturated rings. The van der Waals surface area contributed by atoms with Crippen molar-refractivity contribution in [3.8, 4) is 0 Å². The lowest BCUT2D eigenvalue weighted by atomic mass is 10.2. The SMILES string of the molecule is CC(=O)OCC(O)CO.O=CC=Cc1ccccc1. The molecule has 2 N–H and O–H groups in total. The number of aldehydes is 1. The smallest absolute Gasteiger partial charge is 0.302 e. The molecule has 0 aromatic heterocycles. The van der Waals surface area contributed by atoms with Gasteiger partial charge in [-0.05, 0) is 11.6 Å². The first-order chi connectivity index (χ1) is 9.10. The third-order valence-corrected chi connectivity index (χ3v) is 1.86. The standard InChI is InChI=1S/C9H8O.C5H10O4/c10-8-4-7-9-5-2-1-3-6-9;1-4(7)9-3-5(8)2-6/h1-8H;5-6,8H,2-3H2,1H3. The van der Waals surface area contributed by atoms with E-state index in [1.807, 2.05) is 30.3 Å². The molecule has 0 aliphatic carbocycles. The summed E-state index contributed by atoms with van der Waals surface area (Å²) in [5, 5.41) is 16.8. The molecular formula is C14H18O5. The van der Waals surface area contributed by atoms with Gasteiger partial charge in [0.1, 0.15) is 19.0 Å². The van der Waals surface area contributed by atoms with E-state index in [9.17, 15) is 9.59 Å². The number of aliphatic hydroxyl groups excluding tert-OH is 2. The molecule has 0 spiro atoms. The molecule has 1 atom stereocenters. The van der Waals surface area contributed by atoms with Gasteiger partial charge in [0.05, 0.1) is 6.61 Å². The Morgan fingerprint density at radius 2 is 2.00 bits per heavy atom. The van der Waals surface area contributed by atoms with Crippen LogP contribution < -0.4 is 0 Å². The normalized spacial score (nSPS) is 11.3. The molecule has 104 valence electrons. The van der Waals surface area contributed by atoms with Crippen LogP contribution in [0.1, 0.15) is 12.5 Å². The molecular weight excluding hydrogens is 248 g/mol. The summed E-state index contributed by atoms with van der Waals surface area (Å²) in [5.74, 6) is -0.456. The van der Waals surface area contributed by atoms with Gasteiger partial charge in [0.15, 0.2) is 0 Å². The van der Waals surface area contributed by atoms with Crippen molar-refractivity contribution in [3.63, 3.8) is 0 Å². The Morgan fingerprint density at radius 1 is 1.37 bits per heavy atom. The van der Waals surface area contributed by atoms with E-state index in [0.717, 1.165) is 11.8 Å². The summed E-state index contributed by atoms with van der Waals surface area (Å²) < 4.78 is 4.35. The van der Waals surface area contributed by atoms with Crippen molar-refractivity contribution in [2.75, 3.05) is 13.2 Å². The second-order valence-corrected chi connectivity index (χ2v) is 3.54. The van der Waals surface area contributed by atoms with Crippen LogP contribution in [0.5, 0.6) is 0 Å². The molecule has 0 saturated carbocycles. The van der Waals surface area contributed by atoms with Gasteiger partial charge < -0.3 is 14.9 Å². The van der Waals surface area contributed by atoms with E-state index >= 15 is 0 Å². The lowest BCUT2D eigenvalue weighted by Crippen LogP contribution is -2.20. The minimum atomic E-state index is -0.950. The van der Waals surface area contributed by atoms with E-state index in [2.05, 4.69) is 4.74 Å². The maximum absolute atomic E-state index is 10.0. The minimum Gasteiger partial charge on any atom is -0.463 e. The summed E-state index contributed by atoms with van der Waals surface area (Å²) >= 11 is 0. The Bertz CT molecular complexity index is 386. The number of allylic oxidation sites excluding steroid dienone is 1. The van der Waals surface area contributed by atoms with Crippen molar-refractivity contribution < 1.29 is 24.5 Å². The summed E-state index contributed by atoms with van der Waals surface area (Å²) in [5.41, 5.74) is 1.05. The van der Waals surface area contributed by atoms with Gasteiger partial charge >= 0.3 is 5.97 Å². The molecule has 5 nitrogen and oxygen atoms in total. The van der Waals surface area contributed by atoms with Crippen LogP contribution in [0.4, 0.5) is 0 Å². The van der Waals surface area contributed by atoms with E-state index in [-0.39, 0.29) is 13.2 Å². The molecule has 0 aliphatic heterocycles. The molecule has 0 aliphatic rings. The molecule has 19 heavy (non-hydrogen) atoms. The largest absolute Gasteiger partial charge is 0.463 e. The maximum atomic E-state index is 10.0. The van der Waals surface area contributed by atoms with Gasteiger partial charge in [-0.15, -0.1) is 0 Å². The Kier molecular flexibility index (Phi) is 9.97. The molecule has 0 radical (unpaired) electrons.